The molecule has 1 atom stereocenters. The van der Waals surface area contributed by atoms with E-state index in [1.165, 1.54) is 0 Å². The van der Waals surface area contributed by atoms with Gasteiger partial charge in [0.2, 0.25) is 0 Å². The van der Waals surface area contributed by atoms with Gasteiger partial charge >= 0.3 is 12.1 Å². The third-order valence-electron chi connectivity index (χ3n) is 2.00. The summed E-state index contributed by atoms with van der Waals surface area (Å²) in [6, 6.07) is -0.321. The van der Waals surface area contributed by atoms with E-state index in [-0.39, 0.29) is 5.69 Å². The Hall–Kier alpha value is -2.19. The highest BCUT2D eigenvalue weighted by Crippen LogP contribution is 2.21. The highest BCUT2D eigenvalue weighted by molar-refractivity contribution is 5.94. The molecule has 0 aliphatic rings. The molecule has 9 heteroatoms. The summed E-state index contributed by atoms with van der Waals surface area (Å²) in [7, 11) is 0. The first kappa shape index (κ1) is 14.9. The minimum absolute atomic E-state index is 0.380. The van der Waals surface area contributed by atoms with Crippen LogP contribution in [0.4, 0.5) is 17.6 Å². The average molecular weight is 280 g/mol. The van der Waals surface area contributed by atoms with E-state index < -0.39 is 36.3 Å². The summed E-state index contributed by atoms with van der Waals surface area (Å²) in [4.78, 5) is 25.4. The molecule has 1 heterocycles. The minimum Gasteiger partial charge on any atom is -0.480 e. The third kappa shape index (κ3) is 4.90. The molecule has 1 aromatic heterocycles. The van der Waals surface area contributed by atoms with Crippen molar-refractivity contribution < 1.29 is 32.3 Å². The van der Waals surface area contributed by atoms with Gasteiger partial charge in [-0.3, -0.25) is 4.79 Å². The number of nitrogens with zero attached hydrogens (tertiary/aromatic N) is 1. The lowest BCUT2D eigenvalue weighted by Crippen LogP contribution is -2.43. The summed E-state index contributed by atoms with van der Waals surface area (Å²) < 4.78 is 48.8. The normalized spacial score (nSPS) is 12.8. The molecule has 0 aliphatic carbocycles. The summed E-state index contributed by atoms with van der Waals surface area (Å²) in [6.07, 6.45) is -5.77. The predicted molar refractivity (Wildman–Crippen MR) is 53.8 cm³/mol. The summed E-state index contributed by atoms with van der Waals surface area (Å²) >= 11 is 0. The molecule has 1 amide bonds. The number of alkyl halides is 3. The largest absolute Gasteiger partial charge is 0.480 e. The van der Waals surface area contributed by atoms with Gasteiger partial charge < -0.3 is 10.4 Å². The summed E-state index contributed by atoms with van der Waals surface area (Å²) in [5.74, 6) is -3.69. The number of amides is 1. The van der Waals surface area contributed by atoms with Gasteiger partial charge in [-0.25, -0.2) is 14.2 Å². The van der Waals surface area contributed by atoms with Gasteiger partial charge in [-0.15, -0.1) is 0 Å². The fourth-order valence-corrected chi connectivity index (χ4v) is 1.17. The first-order valence-corrected chi connectivity index (χ1v) is 4.91. The minimum atomic E-state index is -4.74. The number of carboxylic acid groups (broad SMARTS) is 1. The number of halogens is 4. The summed E-state index contributed by atoms with van der Waals surface area (Å²) in [6.45, 7) is 0. The molecule has 0 saturated carbocycles. The number of pyridine rings is 1. The average Bonchev–Trinajstić information content (AvgIpc) is 2.27. The van der Waals surface area contributed by atoms with E-state index in [0.717, 1.165) is 12.1 Å². The number of aromatic nitrogens is 1. The fourth-order valence-electron chi connectivity index (χ4n) is 1.17. The van der Waals surface area contributed by atoms with Crippen molar-refractivity contribution in [2.75, 3.05) is 0 Å². The van der Waals surface area contributed by atoms with Crippen LogP contribution in [0, 0.1) is 5.82 Å². The highest BCUT2D eigenvalue weighted by Gasteiger charge is 2.36. The molecule has 0 bridgehead atoms. The molecule has 1 aromatic rings. The fraction of sp³-hybridized carbons (Fsp3) is 0.300. The number of hydrogen-bond donors (Lipinski definition) is 2. The number of carbonyl (C=O) groups excluding carboxylic acids is 1. The van der Waals surface area contributed by atoms with Gasteiger partial charge in [0.1, 0.15) is 17.6 Å². The highest BCUT2D eigenvalue weighted by atomic mass is 19.4. The lowest BCUT2D eigenvalue weighted by Gasteiger charge is -2.15. The first-order valence-electron chi connectivity index (χ1n) is 4.91. The molecule has 0 spiro atoms. The van der Waals surface area contributed by atoms with Gasteiger partial charge in [0.25, 0.3) is 5.91 Å². The van der Waals surface area contributed by atoms with E-state index in [9.17, 15) is 27.2 Å². The van der Waals surface area contributed by atoms with Gasteiger partial charge in [-0.05, 0) is 12.1 Å². The zero-order valence-corrected chi connectivity index (χ0v) is 9.24. The maximum absolute atomic E-state index is 12.5. The van der Waals surface area contributed by atoms with Crippen molar-refractivity contribution in [1.82, 2.24) is 10.3 Å². The zero-order valence-electron chi connectivity index (χ0n) is 9.24. The Morgan fingerprint density at radius 1 is 1.37 bits per heavy atom. The van der Waals surface area contributed by atoms with Crippen LogP contribution in [0.25, 0.3) is 0 Å². The first-order chi connectivity index (χ1) is 8.69. The molecule has 1 unspecified atom stereocenters. The van der Waals surface area contributed by atoms with Crippen LogP contribution in [-0.2, 0) is 4.79 Å². The van der Waals surface area contributed by atoms with Crippen molar-refractivity contribution in [2.24, 2.45) is 0 Å². The maximum Gasteiger partial charge on any atom is 0.391 e. The standard InChI is InChI=1S/C10H8F4N2O3/c11-5-1-2-6(15-4-5)8(17)16-7(9(18)19)3-10(12,13)14/h1-2,4,7H,3H2,(H,16,17)(H,18,19). The Morgan fingerprint density at radius 2 is 2.00 bits per heavy atom. The van der Waals surface area contributed by atoms with Crippen molar-refractivity contribution in [3.63, 3.8) is 0 Å². The molecule has 0 fully saturated rings. The molecular weight excluding hydrogens is 272 g/mol. The number of nitrogens with one attached hydrogen (secondary N) is 1. The van der Waals surface area contributed by atoms with Crippen LogP contribution in [0.5, 0.6) is 0 Å². The molecular formula is C10H8F4N2O3. The molecule has 0 saturated heterocycles. The second-order valence-corrected chi connectivity index (χ2v) is 3.55. The predicted octanol–water partition coefficient (Wildman–Crippen LogP) is 1.36. The van der Waals surface area contributed by atoms with Crippen LogP contribution < -0.4 is 5.32 Å². The van der Waals surface area contributed by atoms with Gasteiger partial charge in [0.15, 0.2) is 0 Å². The summed E-state index contributed by atoms with van der Waals surface area (Å²) in [5, 5.41) is 10.2. The van der Waals surface area contributed by atoms with Crippen molar-refractivity contribution in [1.29, 1.82) is 0 Å². The Balaban J connectivity index is 2.77. The second kappa shape index (κ2) is 5.63. The van der Waals surface area contributed by atoms with E-state index in [4.69, 9.17) is 5.11 Å². The van der Waals surface area contributed by atoms with E-state index in [1.807, 2.05) is 0 Å². The van der Waals surface area contributed by atoms with E-state index in [2.05, 4.69) is 4.98 Å². The van der Waals surface area contributed by atoms with Crippen molar-refractivity contribution in [3.8, 4) is 0 Å². The van der Waals surface area contributed by atoms with Gasteiger partial charge in [0, 0.05) is 0 Å². The third-order valence-corrected chi connectivity index (χ3v) is 2.00. The maximum atomic E-state index is 12.5. The van der Waals surface area contributed by atoms with Crippen LogP contribution in [0.15, 0.2) is 18.3 Å². The molecule has 2 N–H and O–H groups in total. The van der Waals surface area contributed by atoms with Crippen LogP contribution in [0.3, 0.4) is 0 Å². The molecule has 0 radical (unpaired) electrons. The van der Waals surface area contributed by atoms with E-state index in [0.29, 0.717) is 6.20 Å². The topological polar surface area (TPSA) is 79.3 Å². The molecule has 19 heavy (non-hydrogen) atoms. The smallest absolute Gasteiger partial charge is 0.391 e. The molecule has 5 nitrogen and oxygen atoms in total. The Bertz CT molecular complexity index is 473. The Morgan fingerprint density at radius 3 is 2.42 bits per heavy atom. The number of rotatable bonds is 4. The number of aliphatic carboxylic acids is 1. The lowest BCUT2D eigenvalue weighted by atomic mass is 10.2. The van der Waals surface area contributed by atoms with Crippen molar-refractivity contribution in [2.45, 2.75) is 18.6 Å². The lowest BCUT2D eigenvalue weighted by molar-refractivity contribution is -0.157. The SMILES string of the molecule is O=C(NC(CC(F)(F)F)C(=O)O)c1ccc(F)cn1. The number of carboxylic acids is 1. The van der Waals surface area contributed by atoms with Gasteiger partial charge in [0.05, 0.1) is 12.6 Å². The summed E-state index contributed by atoms with van der Waals surface area (Å²) in [5.41, 5.74) is -0.380. The van der Waals surface area contributed by atoms with Gasteiger partial charge in [-0.1, -0.05) is 0 Å². The van der Waals surface area contributed by atoms with Crippen LogP contribution in [-0.4, -0.2) is 34.2 Å². The monoisotopic (exact) mass is 280 g/mol. The van der Waals surface area contributed by atoms with Crippen molar-refractivity contribution >= 4 is 11.9 Å². The van der Waals surface area contributed by atoms with E-state index in [1.54, 1.807) is 5.32 Å². The number of carbonyl (C=O) groups is 2. The molecule has 0 aliphatic heterocycles. The van der Waals surface area contributed by atoms with Gasteiger partial charge in [-0.2, -0.15) is 13.2 Å². The van der Waals surface area contributed by atoms with Crippen LogP contribution in [0.2, 0.25) is 0 Å². The quantitative estimate of drug-likeness (QED) is 0.816. The van der Waals surface area contributed by atoms with Crippen molar-refractivity contribution in [3.05, 3.63) is 29.8 Å². The molecule has 0 aromatic carbocycles. The molecule has 104 valence electrons. The van der Waals surface area contributed by atoms with Crippen LogP contribution >= 0.6 is 0 Å². The Kier molecular flexibility index (Phi) is 4.41. The van der Waals surface area contributed by atoms with E-state index >= 15 is 0 Å². The Labute approximate surface area is 104 Å². The second-order valence-electron chi connectivity index (χ2n) is 3.55. The zero-order chi connectivity index (χ0) is 14.6. The van der Waals surface area contributed by atoms with Crippen LogP contribution in [0.1, 0.15) is 16.9 Å². The number of hydrogen-bond acceptors (Lipinski definition) is 3. The molecule has 1 rings (SSSR count).